The third-order valence-electron chi connectivity index (χ3n) is 4.40. The van der Waals surface area contributed by atoms with Crippen molar-refractivity contribution in [3.8, 4) is 11.3 Å². The van der Waals surface area contributed by atoms with Crippen LogP contribution in [0.2, 0.25) is 0 Å². The minimum absolute atomic E-state index is 0.595. The third kappa shape index (κ3) is 3.16. The van der Waals surface area contributed by atoms with Gasteiger partial charge in [0, 0.05) is 23.7 Å². The van der Waals surface area contributed by atoms with Crippen molar-refractivity contribution < 1.29 is 0 Å². The van der Waals surface area contributed by atoms with Gasteiger partial charge in [-0.1, -0.05) is 35.9 Å². The fourth-order valence-electron chi connectivity index (χ4n) is 3.01. The summed E-state index contributed by atoms with van der Waals surface area (Å²) in [6.45, 7) is 6.74. The molecular weight excluding hydrogens is 322 g/mol. The zero-order valence-corrected chi connectivity index (χ0v) is 15.2. The van der Waals surface area contributed by atoms with Crippen LogP contribution in [0.5, 0.6) is 0 Å². The van der Waals surface area contributed by atoms with Gasteiger partial charge >= 0.3 is 0 Å². The second-order valence-corrected chi connectivity index (χ2v) is 6.58. The van der Waals surface area contributed by atoms with Crippen LogP contribution in [-0.4, -0.2) is 19.4 Å². The number of benzene rings is 1. The normalized spacial score (nSPS) is 11.0. The minimum Gasteiger partial charge on any atom is -0.349 e. The first kappa shape index (κ1) is 16.3. The summed E-state index contributed by atoms with van der Waals surface area (Å²) in [6.07, 6.45) is 3.89. The SMILES string of the molecule is Cc1ccc(-c2nc3ccc(C)cn3c2CNc2nccc(C)n2)cc1. The number of pyridine rings is 1. The van der Waals surface area contributed by atoms with E-state index in [0.29, 0.717) is 12.5 Å². The number of hydrogen-bond donors (Lipinski definition) is 1. The quantitative estimate of drug-likeness (QED) is 0.599. The molecule has 0 amide bonds. The van der Waals surface area contributed by atoms with Crippen LogP contribution < -0.4 is 5.32 Å². The number of aryl methyl sites for hydroxylation is 3. The van der Waals surface area contributed by atoms with Crippen molar-refractivity contribution in [3.63, 3.8) is 0 Å². The highest BCUT2D eigenvalue weighted by molar-refractivity contribution is 5.67. The van der Waals surface area contributed by atoms with E-state index < -0.39 is 0 Å². The monoisotopic (exact) mass is 343 g/mol. The number of fused-ring (bicyclic) bond motifs is 1. The van der Waals surface area contributed by atoms with Crippen molar-refractivity contribution in [1.82, 2.24) is 19.4 Å². The lowest BCUT2D eigenvalue weighted by molar-refractivity contribution is 0.964. The van der Waals surface area contributed by atoms with Gasteiger partial charge in [0.1, 0.15) is 5.65 Å². The Morgan fingerprint density at radius 2 is 1.65 bits per heavy atom. The van der Waals surface area contributed by atoms with Crippen molar-refractivity contribution in [1.29, 1.82) is 0 Å². The number of nitrogens with one attached hydrogen (secondary N) is 1. The molecule has 0 saturated carbocycles. The molecule has 3 heterocycles. The molecule has 0 aliphatic heterocycles. The molecule has 1 N–H and O–H groups in total. The van der Waals surface area contributed by atoms with Crippen LogP contribution in [-0.2, 0) is 6.54 Å². The zero-order chi connectivity index (χ0) is 18.1. The van der Waals surface area contributed by atoms with E-state index in [1.165, 1.54) is 11.1 Å². The Kier molecular flexibility index (Phi) is 4.13. The lowest BCUT2D eigenvalue weighted by Gasteiger charge is -2.08. The van der Waals surface area contributed by atoms with Gasteiger partial charge < -0.3 is 9.72 Å². The van der Waals surface area contributed by atoms with Crippen molar-refractivity contribution in [2.45, 2.75) is 27.3 Å². The lowest BCUT2D eigenvalue weighted by Crippen LogP contribution is -2.07. The smallest absolute Gasteiger partial charge is 0.223 e. The predicted octanol–water partition coefficient (Wildman–Crippen LogP) is 4.33. The topological polar surface area (TPSA) is 55.1 Å². The summed E-state index contributed by atoms with van der Waals surface area (Å²) in [5.41, 5.74) is 7.50. The summed E-state index contributed by atoms with van der Waals surface area (Å²) >= 11 is 0. The molecule has 0 fully saturated rings. The summed E-state index contributed by atoms with van der Waals surface area (Å²) in [7, 11) is 0. The molecular formula is C21H21N5. The molecule has 4 rings (SSSR count). The molecule has 130 valence electrons. The van der Waals surface area contributed by atoms with Crippen molar-refractivity contribution >= 4 is 11.6 Å². The maximum Gasteiger partial charge on any atom is 0.223 e. The third-order valence-corrected chi connectivity index (χ3v) is 4.40. The number of hydrogen-bond acceptors (Lipinski definition) is 4. The van der Waals surface area contributed by atoms with Gasteiger partial charge in [0.15, 0.2) is 0 Å². The Hall–Kier alpha value is -3.21. The van der Waals surface area contributed by atoms with Crippen molar-refractivity contribution in [2.24, 2.45) is 0 Å². The minimum atomic E-state index is 0.595. The van der Waals surface area contributed by atoms with Crippen LogP contribution in [0, 0.1) is 20.8 Å². The van der Waals surface area contributed by atoms with Gasteiger partial charge in [-0.3, -0.25) is 0 Å². The molecule has 0 aliphatic rings. The van der Waals surface area contributed by atoms with Gasteiger partial charge in [0.25, 0.3) is 0 Å². The van der Waals surface area contributed by atoms with Gasteiger partial charge in [0.05, 0.1) is 17.9 Å². The Morgan fingerprint density at radius 3 is 2.42 bits per heavy atom. The molecule has 4 aromatic rings. The second kappa shape index (κ2) is 6.59. The molecule has 0 spiro atoms. The molecule has 0 saturated heterocycles. The number of nitrogens with zero attached hydrogens (tertiary/aromatic N) is 4. The largest absolute Gasteiger partial charge is 0.349 e. The summed E-state index contributed by atoms with van der Waals surface area (Å²) < 4.78 is 2.15. The van der Waals surface area contributed by atoms with Crippen LogP contribution in [0.15, 0.2) is 54.9 Å². The molecule has 0 unspecified atom stereocenters. The van der Waals surface area contributed by atoms with Gasteiger partial charge in [-0.05, 0) is 38.5 Å². The highest BCUT2D eigenvalue weighted by atomic mass is 15.1. The maximum atomic E-state index is 4.87. The molecule has 5 heteroatoms. The molecule has 0 radical (unpaired) electrons. The molecule has 0 bridgehead atoms. The van der Waals surface area contributed by atoms with Crippen LogP contribution in [0.25, 0.3) is 16.9 Å². The Labute approximate surface area is 152 Å². The number of aromatic nitrogens is 4. The highest BCUT2D eigenvalue weighted by Crippen LogP contribution is 2.26. The zero-order valence-electron chi connectivity index (χ0n) is 15.2. The molecule has 0 aliphatic carbocycles. The van der Waals surface area contributed by atoms with Crippen molar-refractivity contribution in [2.75, 3.05) is 5.32 Å². The molecule has 3 aromatic heterocycles. The van der Waals surface area contributed by atoms with E-state index in [9.17, 15) is 0 Å². The summed E-state index contributed by atoms with van der Waals surface area (Å²) in [6, 6.07) is 14.5. The lowest BCUT2D eigenvalue weighted by atomic mass is 10.1. The molecule has 0 atom stereocenters. The van der Waals surface area contributed by atoms with Crippen LogP contribution >= 0.6 is 0 Å². The van der Waals surface area contributed by atoms with E-state index in [2.05, 4.69) is 76.1 Å². The highest BCUT2D eigenvalue weighted by Gasteiger charge is 2.14. The van der Waals surface area contributed by atoms with Gasteiger partial charge in [-0.15, -0.1) is 0 Å². The van der Waals surface area contributed by atoms with Crippen molar-refractivity contribution in [3.05, 3.63) is 77.4 Å². The average molecular weight is 343 g/mol. The number of anilines is 1. The first-order chi connectivity index (χ1) is 12.6. The summed E-state index contributed by atoms with van der Waals surface area (Å²) in [5, 5.41) is 3.34. The van der Waals surface area contributed by atoms with Crippen LogP contribution in [0.1, 0.15) is 22.5 Å². The van der Waals surface area contributed by atoms with E-state index in [0.717, 1.165) is 28.3 Å². The second-order valence-electron chi connectivity index (χ2n) is 6.58. The van der Waals surface area contributed by atoms with E-state index in [4.69, 9.17) is 4.98 Å². The molecule has 1 aromatic carbocycles. The summed E-state index contributed by atoms with van der Waals surface area (Å²) in [4.78, 5) is 13.6. The van der Waals surface area contributed by atoms with Gasteiger partial charge in [0.2, 0.25) is 5.95 Å². The number of rotatable bonds is 4. The first-order valence-corrected chi connectivity index (χ1v) is 8.68. The van der Waals surface area contributed by atoms with Crippen LogP contribution in [0.3, 0.4) is 0 Å². The predicted molar refractivity (Wildman–Crippen MR) is 104 cm³/mol. The average Bonchev–Trinajstić information content (AvgIpc) is 2.98. The Bertz CT molecular complexity index is 1060. The van der Waals surface area contributed by atoms with E-state index in [1.54, 1.807) is 6.20 Å². The molecule has 26 heavy (non-hydrogen) atoms. The molecule has 5 nitrogen and oxygen atoms in total. The summed E-state index contributed by atoms with van der Waals surface area (Å²) in [5.74, 6) is 0.627. The maximum absolute atomic E-state index is 4.87. The fourth-order valence-corrected chi connectivity index (χ4v) is 3.01. The Balaban J connectivity index is 1.78. The first-order valence-electron chi connectivity index (χ1n) is 8.68. The van der Waals surface area contributed by atoms with Crippen LogP contribution in [0.4, 0.5) is 5.95 Å². The standard InChI is InChI=1S/C21H21N5/c1-14-4-7-17(8-5-14)20-18(12-23-21-22-11-10-16(3)24-21)26-13-15(2)6-9-19(26)25-20/h4-11,13H,12H2,1-3H3,(H,22,23,24). The van der Waals surface area contributed by atoms with E-state index >= 15 is 0 Å². The van der Waals surface area contributed by atoms with E-state index in [1.807, 2.05) is 13.0 Å². The van der Waals surface area contributed by atoms with E-state index in [-0.39, 0.29) is 0 Å². The van der Waals surface area contributed by atoms with Gasteiger partial charge in [-0.2, -0.15) is 0 Å². The number of imidazole rings is 1. The van der Waals surface area contributed by atoms with Gasteiger partial charge in [-0.25, -0.2) is 15.0 Å². The Morgan fingerprint density at radius 1 is 0.885 bits per heavy atom. The fraction of sp³-hybridized carbons (Fsp3) is 0.190.